The number of benzene rings is 2. The standard InChI is InChI=1S/C31H42N4O5/c1-6-32(7-2)18-19-33(8-3)29(36)23-14-16-34(17-15-23)25-11-9-10-24-28(25)31(38)35(30(24)37)21-22-12-13-26(39-4)27(20-22)40-5/h9-13,20,23H,6-8,14-19,21H2,1-5H3. The van der Waals surface area contributed by atoms with Crippen molar-refractivity contribution < 1.29 is 23.9 Å². The molecule has 0 saturated carbocycles. The van der Waals surface area contributed by atoms with Gasteiger partial charge in [0.15, 0.2) is 11.5 Å². The summed E-state index contributed by atoms with van der Waals surface area (Å²) >= 11 is 0. The van der Waals surface area contributed by atoms with Crippen LogP contribution >= 0.6 is 0 Å². The van der Waals surface area contributed by atoms with Crippen molar-refractivity contribution in [2.24, 2.45) is 5.92 Å². The largest absolute Gasteiger partial charge is 0.493 e. The molecule has 3 amide bonds. The monoisotopic (exact) mass is 550 g/mol. The number of piperidine rings is 1. The second-order valence-corrected chi connectivity index (χ2v) is 10.3. The summed E-state index contributed by atoms with van der Waals surface area (Å²) in [5.74, 6) is 0.738. The molecule has 0 N–H and O–H groups in total. The van der Waals surface area contributed by atoms with Gasteiger partial charge in [0.25, 0.3) is 11.8 Å². The molecule has 0 aliphatic carbocycles. The van der Waals surface area contributed by atoms with Gasteiger partial charge < -0.3 is 24.2 Å². The van der Waals surface area contributed by atoms with E-state index in [0.29, 0.717) is 42.3 Å². The summed E-state index contributed by atoms with van der Waals surface area (Å²) in [6, 6.07) is 10.9. The highest BCUT2D eigenvalue weighted by atomic mass is 16.5. The molecule has 40 heavy (non-hydrogen) atoms. The highest BCUT2D eigenvalue weighted by Gasteiger charge is 2.39. The number of amides is 3. The molecule has 2 aromatic rings. The number of rotatable bonds is 12. The molecule has 1 fully saturated rings. The van der Waals surface area contributed by atoms with Gasteiger partial charge in [-0.15, -0.1) is 0 Å². The number of fused-ring (bicyclic) bond motifs is 1. The Morgan fingerprint density at radius 2 is 1.60 bits per heavy atom. The van der Waals surface area contributed by atoms with Crippen molar-refractivity contribution >= 4 is 23.4 Å². The van der Waals surface area contributed by atoms with E-state index in [9.17, 15) is 14.4 Å². The highest BCUT2D eigenvalue weighted by molar-refractivity contribution is 6.23. The van der Waals surface area contributed by atoms with Gasteiger partial charge in [-0.25, -0.2) is 0 Å². The maximum Gasteiger partial charge on any atom is 0.263 e. The third-order valence-corrected chi connectivity index (χ3v) is 8.22. The Morgan fingerprint density at radius 1 is 0.900 bits per heavy atom. The van der Waals surface area contributed by atoms with E-state index in [2.05, 4.69) is 23.6 Å². The molecule has 0 atom stereocenters. The van der Waals surface area contributed by atoms with Crippen LogP contribution in [-0.4, -0.2) is 92.5 Å². The number of hydrogen-bond acceptors (Lipinski definition) is 7. The Morgan fingerprint density at radius 3 is 2.23 bits per heavy atom. The topological polar surface area (TPSA) is 82.6 Å². The van der Waals surface area contributed by atoms with Gasteiger partial charge in [-0.3, -0.25) is 19.3 Å². The molecule has 4 rings (SSSR count). The lowest BCUT2D eigenvalue weighted by Gasteiger charge is -2.36. The van der Waals surface area contributed by atoms with Crippen molar-refractivity contribution in [2.75, 3.05) is 64.9 Å². The van der Waals surface area contributed by atoms with Crippen LogP contribution in [0.4, 0.5) is 5.69 Å². The fourth-order valence-corrected chi connectivity index (χ4v) is 5.74. The second kappa shape index (κ2) is 13.2. The van der Waals surface area contributed by atoms with Crippen molar-refractivity contribution in [3.8, 4) is 11.5 Å². The predicted molar refractivity (Wildman–Crippen MR) is 155 cm³/mol. The van der Waals surface area contributed by atoms with E-state index in [1.807, 2.05) is 30.0 Å². The normalized spacial score (nSPS) is 15.6. The fourth-order valence-electron chi connectivity index (χ4n) is 5.74. The summed E-state index contributed by atoms with van der Waals surface area (Å²) in [6.45, 7) is 12.1. The minimum Gasteiger partial charge on any atom is -0.493 e. The molecule has 216 valence electrons. The first-order valence-electron chi connectivity index (χ1n) is 14.3. The zero-order chi connectivity index (χ0) is 28.8. The zero-order valence-corrected chi connectivity index (χ0v) is 24.4. The zero-order valence-electron chi connectivity index (χ0n) is 24.4. The van der Waals surface area contributed by atoms with Gasteiger partial charge >= 0.3 is 0 Å². The molecule has 0 aromatic heterocycles. The molecule has 0 bridgehead atoms. The van der Waals surface area contributed by atoms with Crippen molar-refractivity contribution in [1.29, 1.82) is 0 Å². The van der Waals surface area contributed by atoms with Crippen LogP contribution < -0.4 is 14.4 Å². The lowest BCUT2D eigenvalue weighted by molar-refractivity contribution is -0.136. The summed E-state index contributed by atoms with van der Waals surface area (Å²) in [5.41, 5.74) is 2.42. The van der Waals surface area contributed by atoms with Crippen LogP contribution in [0.1, 0.15) is 59.9 Å². The van der Waals surface area contributed by atoms with Crippen LogP contribution in [0.25, 0.3) is 0 Å². The molecule has 0 spiro atoms. The van der Waals surface area contributed by atoms with Crippen molar-refractivity contribution in [3.05, 3.63) is 53.1 Å². The van der Waals surface area contributed by atoms with E-state index in [1.165, 1.54) is 4.90 Å². The number of imide groups is 1. The van der Waals surface area contributed by atoms with Gasteiger partial charge in [0.2, 0.25) is 5.91 Å². The molecular formula is C31H42N4O5. The molecule has 1 saturated heterocycles. The Labute approximate surface area is 237 Å². The number of likely N-dealkylation sites (N-methyl/N-ethyl adjacent to an activating group) is 2. The molecule has 9 nitrogen and oxygen atoms in total. The van der Waals surface area contributed by atoms with Crippen LogP contribution in [0.15, 0.2) is 36.4 Å². The molecule has 9 heteroatoms. The summed E-state index contributed by atoms with van der Waals surface area (Å²) in [6.07, 6.45) is 1.45. The molecule has 2 heterocycles. The van der Waals surface area contributed by atoms with Gasteiger partial charge in [-0.1, -0.05) is 26.0 Å². The Kier molecular flexibility index (Phi) is 9.68. The Balaban J connectivity index is 1.44. The van der Waals surface area contributed by atoms with Crippen LogP contribution in [-0.2, 0) is 11.3 Å². The lowest BCUT2D eigenvalue weighted by atomic mass is 9.94. The van der Waals surface area contributed by atoms with E-state index >= 15 is 0 Å². The number of nitrogens with zero attached hydrogens (tertiary/aromatic N) is 4. The predicted octanol–water partition coefficient (Wildman–Crippen LogP) is 3.91. The van der Waals surface area contributed by atoms with E-state index in [4.69, 9.17) is 9.47 Å². The maximum atomic E-state index is 13.6. The average molecular weight is 551 g/mol. The van der Waals surface area contributed by atoms with Crippen LogP contribution in [0.3, 0.4) is 0 Å². The average Bonchev–Trinajstić information content (AvgIpc) is 3.24. The second-order valence-electron chi connectivity index (χ2n) is 10.3. The first-order valence-corrected chi connectivity index (χ1v) is 14.3. The van der Waals surface area contributed by atoms with Crippen molar-refractivity contribution in [2.45, 2.75) is 40.2 Å². The third-order valence-electron chi connectivity index (χ3n) is 8.22. The fraction of sp³-hybridized carbons (Fsp3) is 0.516. The SMILES string of the molecule is CCN(CC)CCN(CC)C(=O)C1CCN(c2cccc3c2C(=O)N(Cc2ccc(OC)c(OC)c2)C3=O)CC1. The van der Waals surface area contributed by atoms with Crippen molar-refractivity contribution in [1.82, 2.24) is 14.7 Å². The van der Waals surface area contributed by atoms with Gasteiger partial charge in [-0.05, 0) is 62.7 Å². The molecule has 0 radical (unpaired) electrons. The Hall–Kier alpha value is -3.59. The third kappa shape index (κ3) is 5.94. The van der Waals surface area contributed by atoms with Gasteiger partial charge in [-0.2, -0.15) is 0 Å². The highest BCUT2D eigenvalue weighted by Crippen LogP contribution is 2.36. The van der Waals surface area contributed by atoms with Gasteiger partial charge in [0, 0.05) is 38.6 Å². The first kappa shape index (κ1) is 29.4. The molecule has 0 unspecified atom stereocenters. The Bertz CT molecular complexity index is 1220. The number of anilines is 1. The quantitative estimate of drug-likeness (QED) is 0.371. The number of carbonyl (C=O) groups is 3. The number of methoxy groups -OCH3 is 2. The summed E-state index contributed by atoms with van der Waals surface area (Å²) in [7, 11) is 3.12. The summed E-state index contributed by atoms with van der Waals surface area (Å²) < 4.78 is 10.7. The first-order chi connectivity index (χ1) is 19.4. The van der Waals surface area contributed by atoms with Gasteiger partial charge in [0.05, 0.1) is 37.6 Å². The summed E-state index contributed by atoms with van der Waals surface area (Å²) in [4.78, 5) is 48.0. The van der Waals surface area contributed by atoms with E-state index < -0.39 is 0 Å². The summed E-state index contributed by atoms with van der Waals surface area (Å²) in [5, 5.41) is 0. The smallest absolute Gasteiger partial charge is 0.263 e. The van der Waals surface area contributed by atoms with E-state index in [-0.39, 0.29) is 30.2 Å². The van der Waals surface area contributed by atoms with Crippen LogP contribution in [0.2, 0.25) is 0 Å². The molecule has 2 aliphatic heterocycles. The molecular weight excluding hydrogens is 508 g/mol. The number of ether oxygens (including phenoxy) is 2. The van der Waals surface area contributed by atoms with E-state index in [0.717, 1.165) is 50.3 Å². The molecule has 2 aliphatic rings. The van der Waals surface area contributed by atoms with Crippen molar-refractivity contribution in [3.63, 3.8) is 0 Å². The minimum atomic E-state index is -0.298. The van der Waals surface area contributed by atoms with Crippen LogP contribution in [0, 0.1) is 5.92 Å². The number of hydrogen-bond donors (Lipinski definition) is 0. The molecule has 2 aromatic carbocycles. The number of carbonyl (C=O) groups excluding carboxylic acids is 3. The van der Waals surface area contributed by atoms with Crippen LogP contribution in [0.5, 0.6) is 11.5 Å². The minimum absolute atomic E-state index is 0.0245. The lowest BCUT2D eigenvalue weighted by Crippen LogP contribution is -2.45. The van der Waals surface area contributed by atoms with Gasteiger partial charge in [0.1, 0.15) is 0 Å². The van der Waals surface area contributed by atoms with E-state index in [1.54, 1.807) is 32.4 Å². The maximum absolute atomic E-state index is 13.6.